The maximum atomic E-state index is 12.6. The molecule has 1 aliphatic rings. The van der Waals surface area contributed by atoms with E-state index in [0.717, 1.165) is 23.6 Å². The summed E-state index contributed by atoms with van der Waals surface area (Å²) in [6, 6.07) is 18.3. The van der Waals surface area contributed by atoms with Gasteiger partial charge in [0, 0.05) is 6.42 Å². The number of hydrogen-bond acceptors (Lipinski definition) is 4. The lowest BCUT2D eigenvalue weighted by Crippen LogP contribution is -2.45. The molecular weight excluding hydrogens is 278 g/mol. The number of Topliss-reactive ketones (excluding diaryl/α,β-unsaturated/α-hetero) is 1. The van der Waals surface area contributed by atoms with Gasteiger partial charge in [-0.2, -0.15) is 0 Å². The summed E-state index contributed by atoms with van der Waals surface area (Å²) in [4.78, 5) is 18.4. The van der Waals surface area contributed by atoms with E-state index in [0.29, 0.717) is 18.5 Å². The van der Waals surface area contributed by atoms with Gasteiger partial charge in [-0.05, 0) is 37.0 Å². The van der Waals surface area contributed by atoms with Crippen molar-refractivity contribution in [3.8, 4) is 0 Å². The van der Waals surface area contributed by atoms with Crippen LogP contribution in [0.1, 0.15) is 31.2 Å². The number of anilines is 1. The van der Waals surface area contributed by atoms with Crippen LogP contribution in [0.4, 0.5) is 5.69 Å². The highest BCUT2D eigenvalue weighted by Gasteiger charge is 2.45. The topological polar surface area (TPSA) is 49.8 Å². The second-order valence-corrected chi connectivity index (χ2v) is 5.52. The van der Waals surface area contributed by atoms with Crippen molar-refractivity contribution in [2.24, 2.45) is 0 Å². The lowest BCUT2D eigenvalue weighted by molar-refractivity contribution is -0.178. The van der Waals surface area contributed by atoms with Crippen LogP contribution >= 0.6 is 0 Å². The SMILES string of the molecule is O=C1CCCCC1(ON(O)c1ccccc1)c1ccccc1. The van der Waals surface area contributed by atoms with Crippen molar-refractivity contribution in [1.82, 2.24) is 0 Å². The van der Waals surface area contributed by atoms with E-state index in [1.807, 2.05) is 36.4 Å². The second-order valence-electron chi connectivity index (χ2n) is 5.52. The summed E-state index contributed by atoms with van der Waals surface area (Å²) in [5.74, 6) is 0.0138. The van der Waals surface area contributed by atoms with Crippen LogP contribution in [-0.4, -0.2) is 11.0 Å². The molecule has 1 saturated carbocycles. The summed E-state index contributed by atoms with van der Waals surface area (Å²) >= 11 is 0. The first-order valence-corrected chi connectivity index (χ1v) is 7.54. The van der Waals surface area contributed by atoms with Crippen LogP contribution < -0.4 is 5.23 Å². The normalized spacial score (nSPS) is 21.6. The molecule has 1 atom stereocenters. The van der Waals surface area contributed by atoms with Crippen LogP contribution in [0.3, 0.4) is 0 Å². The maximum absolute atomic E-state index is 12.6. The van der Waals surface area contributed by atoms with Gasteiger partial charge in [-0.15, -0.1) is 5.23 Å². The van der Waals surface area contributed by atoms with Crippen LogP contribution in [0.25, 0.3) is 0 Å². The highest BCUT2D eigenvalue weighted by Crippen LogP contribution is 2.39. The number of nitrogens with zero attached hydrogens (tertiary/aromatic N) is 1. The minimum Gasteiger partial charge on any atom is -0.296 e. The van der Waals surface area contributed by atoms with E-state index in [-0.39, 0.29) is 5.78 Å². The number of benzene rings is 2. The molecule has 1 unspecified atom stereocenters. The highest BCUT2D eigenvalue weighted by atomic mass is 16.9. The molecule has 1 aliphatic carbocycles. The molecule has 0 saturated heterocycles. The van der Waals surface area contributed by atoms with Gasteiger partial charge in [0.1, 0.15) is 0 Å². The molecule has 1 N–H and O–H groups in total. The van der Waals surface area contributed by atoms with Gasteiger partial charge in [0.15, 0.2) is 11.4 Å². The van der Waals surface area contributed by atoms with Gasteiger partial charge in [-0.25, -0.2) is 4.84 Å². The summed E-state index contributed by atoms with van der Waals surface area (Å²) < 4.78 is 0. The van der Waals surface area contributed by atoms with Gasteiger partial charge in [0.05, 0.1) is 5.69 Å². The average molecular weight is 297 g/mol. The highest BCUT2D eigenvalue weighted by molar-refractivity contribution is 5.89. The summed E-state index contributed by atoms with van der Waals surface area (Å²) in [6.45, 7) is 0. The predicted octanol–water partition coefficient (Wildman–Crippen LogP) is 3.85. The molecule has 4 nitrogen and oxygen atoms in total. The molecule has 4 heteroatoms. The molecule has 0 aromatic heterocycles. The van der Waals surface area contributed by atoms with Crippen molar-refractivity contribution < 1.29 is 14.8 Å². The van der Waals surface area contributed by atoms with E-state index in [1.165, 1.54) is 0 Å². The zero-order valence-corrected chi connectivity index (χ0v) is 12.3. The Balaban J connectivity index is 1.94. The molecule has 0 spiro atoms. The number of carbonyl (C=O) groups excluding carboxylic acids is 1. The molecular formula is C18H19NO3. The first-order chi connectivity index (χ1) is 10.7. The van der Waals surface area contributed by atoms with Gasteiger partial charge < -0.3 is 0 Å². The van der Waals surface area contributed by atoms with E-state index >= 15 is 0 Å². The van der Waals surface area contributed by atoms with Gasteiger partial charge in [0.2, 0.25) is 0 Å². The van der Waals surface area contributed by atoms with Crippen molar-refractivity contribution >= 4 is 11.5 Å². The molecule has 0 aliphatic heterocycles. The van der Waals surface area contributed by atoms with Crippen LogP contribution in [0, 0.1) is 0 Å². The Bertz CT molecular complexity index is 629. The molecule has 22 heavy (non-hydrogen) atoms. The molecule has 0 amide bonds. The van der Waals surface area contributed by atoms with E-state index in [9.17, 15) is 10.0 Å². The zero-order valence-electron chi connectivity index (χ0n) is 12.3. The Morgan fingerprint density at radius 1 is 0.955 bits per heavy atom. The molecule has 2 aromatic rings. The maximum Gasteiger partial charge on any atom is 0.182 e. The number of rotatable bonds is 4. The first kappa shape index (κ1) is 14.8. The molecule has 2 aromatic carbocycles. The first-order valence-electron chi connectivity index (χ1n) is 7.54. The fourth-order valence-electron chi connectivity index (χ4n) is 2.92. The largest absolute Gasteiger partial charge is 0.296 e. The number of carbonyl (C=O) groups is 1. The zero-order chi connectivity index (χ0) is 15.4. The lowest BCUT2D eigenvalue weighted by Gasteiger charge is -2.37. The third kappa shape index (κ3) is 2.75. The van der Waals surface area contributed by atoms with E-state index in [4.69, 9.17) is 4.84 Å². The molecule has 3 rings (SSSR count). The minimum absolute atomic E-state index is 0.0138. The molecule has 114 valence electrons. The summed E-state index contributed by atoms with van der Waals surface area (Å²) in [7, 11) is 0. The third-order valence-electron chi connectivity index (χ3n) is 4.09. The summed E-state index contributed by atoms with van der Waals surface area (Å²) in [5, 5.41) is 11.0. The summed E-state index contributed by atoms with van der Waals surface area (Å²) in [6.07, 6.45) is 2.80. The van der Waals surface area contributed by atoms with E-state index in [1.54, 1.807) is 24.3 Å². The lowest BCUT2D eigenvalue weighted by atomic mass is 9.78. The Morgan fingerprint density at radius 3 is 2.23 bits per heavy atom. The molecule has 0 radical (unpaired) electrons. The van der Waals surface area contributed by atoms with Crippen molar-refractivity contribution in [2.75, 3.05) is 5.23 Å². The smallest absolute Gasteiger partial charge is 0.182 e. The number of ketones is 1. The Morgan fingerprint density at radius 2 is 1.59 bits per heavy atom. The predicted molar refractivity (Wildman–Crippen MR) is 83.4 cm³/mol. The number of para-hydroxylation sites is 1. The monoisotopic (exact) mass is 297 g/mol. The second kappa shape index (κ2) is 6.30. The fourth-order valence-corrected chi connectivity index (χ4v) is 2.92. The van der Waals surface area contributed by atoms with Crippen LogP contribution in [-0.2, 0) is 15.2 Å². The van der Waals surface area contributed by atoms with Crippen molar-refractivity contribution in [3.63, 3.8) is 0 Å². The fraction of sp³-hybridized carbons (Fsp3) is 0.278. The van der Waals surface area contributed by atoms with Crippen molar-refractivity contribution in [2.45, 2.75) is 31.3 Å². The van der Waals surface area contributed by atoms with Crippen LogP contribution in [0.15, 0.2) is 60.7 Å². The van der Waals surface area contributed by atoms with Crippen molar-refractivity contribution in [3.05, 3.63) is 66.2 Å². The average Bonchev–Trinajstić information content (AvgIpc) is 2.58. The Labute approximate surface area is 129 Å². The minimum atomic E-state index is -1.11. The molecule has 0 bridgehead atoms. The third-order valence-corrected chi connectivity index (χ3v) is 4.09. The van der Waals surface area contributed by atoms with Gasteiger partial charge >= 0.3 is 0 Å². The standard InChI is InChI=1S/C18H19NO3/c20-17-13-7-8-14-18(17,15-9-3-1-4-10-15)22-19(21)16-11-5-2-6-12-16/h1-6,9-12,21H,7-8,13-14H2. The number of hydrogen-bond donors (Lipinski definition) is 1. The quantitative estimate of drug-likeness (QED) is 0.871. The van der Waals surface area contributed by atoms with Gasteiger partial charge in [-0.1, -0.05) is 48.5 Å². The van der Waals surface area contributed by atoms with E-state index in [2.05, 4.69) is 0 Å². The van der Waals surface area contributed by atoms with Crippen LogP contribution in [0.5, 0.6) is 0 Å². The van der Waals surface area contributed by atoms with Gasteiger partial charge in [0.25, 0.3) is 0 Å². The molecule has 1 fully saturated rings. The van der Waals surface area contributed by atoms with Crippen molar-refractivity contribution in [1.29, 1.82) is 0 Å². The van der Waals surface area contributed by atoms with Crippen LogP contribution in [0.2, 0.25) is 0 Å². The van der Waals surface area contributed by atoms with E-state index < -0.39 is 5.60 Å². The van der Waals surface area contributed by atoms with Gasteiger partial charge in [-0.3, -0.25) is 10.0 Å². The Kier molecular flexibility index (Phi) is 4.22. The summed E-state index contributed by atoms with van der Waals surface area (Å²) in [5.41, 5.74) is 0.176. The molecule has 0 heterocycles. The Hall–Kier alpha value is -2.17.